The lowest BCUT2D eigenvalue weighted by molar-refractivity contribution is 0.445. The number of fused-ring (bicyclic) bond motifs is 3. The summed E-state index contributed by atoms with van der Waals surface area (Å²) in [5, 5.41) is 8.59. The Hall–Kier alpha value is -2.00. The predicted molar refractivity (Wildman–Crippen MR) is 102 cm³/mol. The van der Waals surface area contributed by atoms with Crippen LogP contribution in [0, 0.1) is 5.92 Å². The third kappa shape index (κ3) is 2.75. The number of hydrogen-bond donors (Lipinski definition) is 2. The third-order valence-electron chi connectivity index (χ3n) is 6.34. The van der Waals surface area contributed by atoms with Gasteiger partial charge in [-0.3, -0.25) is 4.40 Å². The minimum absolute atomic E-state index is 0.0264. The Labute approximate surface area is 157 Å². The summed E-state index contributed by atoms with van der Waals surface area (Å²) in [7, 11) is -3.21. The van der Waals surface area contributed by atoms with Gasteiger partial charge in [-0.1, -0.05) is 19.8 Å². The number of aromatic amines is 1. The topological polar surface area (TPSA) is 105 Å². The van der Waals surface area contributed by atoms with E-state index in [2.05, 4.69) is 36.2 Å². The standard InChI is InChI=1S/C18H24N6O2S/c1-2-11-8-12(23-27(25,26)13-4-3-5-13)9-14(11)18-22-21-16-10-20-17-15(24(16)18)6-7-19-17/h6-7,10-14,19,23H,2-5,8-9H2,1H3/t11-,12+,14-/m1/s1. The van der Waals surface area contributed by atoms with Crippen LogP contribution in [0.1, 0.15) is 57.2 Å². The molecule has 8 nitrogen and oxygen atoms in total. The largest absolute Gasteiger partial charge is 0.345 e. The summed E-state index contributed by atoms with van der Waals surface area (Å²) in [6.45, 7) is 2.16. The number of nitrogens with one attached hydrogen (secondary N) is 2. The van der Waals surface area contributed by atoms with Gasteiger partial charge in [-0.25, -0.2) is 18.1 Å². The van der Waals surface area contributed by atoms with Crippen molar-refractivity contribution in [3.8, 4) is 0 Å². The van der Waals surface area contributed by atoms with Gasteiger partial charge in [0.2, 0.25) is 10.0 Å². The fraction of sp³-hybridized carbons (Fsp3) is 0.611. The van der Waals surface area contributed by atoms with Gasteiger partial charge < -0.3 is 4.98 Å². The van der Waals surface area contributed by atoms with Crippen LogP contribution in [0.4, 0.5) is 0 Å². The second-order valence-electron chi connectivity index (χ2n) is 7.88. The van der Waals surface area contributed by atoms with Crippen LogP contribution >= 0.6 is 0 Å². The van der Waals surface area contributed by atoms with E-state index in [9.17, 15) is 8.42 Å². The van der Waals surface area contributed by atoms with Crippen LogP contribution in [0.5, 0.6) is 0 Å². The van der Waals surface area contributed by atoms with Gasteiger partial charge in [-0.2, -0.15) is 0 Å². The summed E-state index contributed by atoms with van der Waals surface area (Å²) in [6.07, 6.45) is 8.78. The van der Waals surface area contributed by atoms with E-state index in [1.807, 2.05) is 12.3 Å². The van der Waals surface area contributed by atoms with Crippen molar-refractivity contribution in [1.29, 1.82) is 0 Å². The Balaban J connectivity index is 1.47. The van der Waals surface area contributed by atoms with Crippen LogP contribution in [0.25, 0.3) is 16.8 Å². The molecule has 0 spiro atoms. The molecule has 0 saturated heterocycles. The van der Waals surface area contributed by atoms with Crippen molar-refractivity contribution >= 4 is 26.8 Å². The summed E-state index contributed by atoms with van der Waals surface area (Å²) in [5.41, 5.74) is 2.49. The van der Waals surface area contributed by atoms with Gasteiger partial charge in [0, 0.05) is 18.2 Å². The fourth-order valence-electron chi connectivity index (χ4n) is 4.64. The summed E-state index contributed by atoms with van der Waals surface area (Å²) in [5.74, 6) is 1.47. The van der Waals surface area contributed by atoms with E-state index < -0.39 is 10.0 Å². The van der Waals surface area contributed by atoms with Gasteiger partial charge in [0.05, 0.1) is 17.0 Å². The highest BCUT2D eigenvalue weighted by atomic mass is 32.2. The molecule has 0 radical (unpaired) electrons. The van der Waals surface area contributed by atoms with Crippen LogP contribution in [-0.4, -0.2) is 44.3 Å². The maximum Gasteiger partial charge on any atom is 0.214 e. The first-order valence-corrected chi connectivity index (χ1v) is 11.3. The summed E-state index contributed by atoms with van der Waals surface area (Å²) in [4.78, 5) is 7.51. The normalized spacial score (nSPS) is 26.8. The van der Waals surface area contributed by atoms with Crippen molar-refractivity contribution < 1.29 is 8.42 Å². The highest BCUT2D eigenvalue weighted by molar-refractivity contribution is 7.90. The lowest BCUT2D eigenvalue weighted by Crippen LogP contribution is -2.42. The van der Waals surface area contributed by atoms with E-state index in [1.54, 1.807) is 6.20 Å². The minimum Gasteiger partial charge on any atom is -0.345 e. The quantitative estimate of drug-likeness (QED) is 0.698. The molecule has 9 heteroatoms. The smallest absolute Gasteiger partial charge is 0.214 e. The SMILES string of the molecule is CC[C@@H]1C[C@H](NS(=O)(=O)C2CCC2)C[C@H]1c1nnc2cnc3[nH]ccc3n12. The van der Waals surface area contributed by atoms with Gasteiger partial charge >= 0.3 is 0 Å². The average molecular weight is 388 g/mol. The molecule has 3 atom stereocenters. The van der Waals surface area contributed by atoms with Crippen molar-refractivity contribution in [2.24, 2.45) is 5.92 Å². The van der Waals surface area contributed by atoms with Crippen LogP contribution < -0.4 is 4.72 Å². The van der Waals surface area contributed by atoms with E-state index >= 15 is 0 Å². The third-order valence-corrected chi connectivity index (χ3v) is 8.35. The molecule has 2 N–H and O–H groups in total. The van der Waals surface area contributed by atoms with Gasteiger partial charge in [-0.05, 0) is 37.7 Å². The number of sulfonamides is 1. The molecule has 3 heterocycles. The molecule has 2 aliphatic rings. The molecule has 0 unspecified atom stereocenters. The minimum atomic E-state index is -3.21. The van der Waals surface area contributed by atoms with Gasteiger partial charge in [-0.15, -0.1) is 10.2 Å². The summed E-state index contributed by atoms with van der Waals surface area (Å²) >= 11 is 0. The van der Waals surface area contributed by atoms with Crippen molar-refractivity contribution in [1.82, 2.24) is 29.3 Å². The number of H-pyrrole nitrogens is 1. The van der Waals surface area contributed by atoms with Crippen molar-refractivity contribution in [3.63, 3.8) is 0 Å². The zero-order chi connectivity index (χ0) is 18.6. The average Bonchev–Trinajstić information content (AvgIpc) is 3.28. The zero-order valence-corrected chi connectivity index (χ0v) is 16.1. The maximum atomic E-state index is 12.6. The highest BCUT2D eigenvalue weighted by Crippen LogP contribution is 2.42. The Kier molecular flexibility index (Phi) is 3.98. The maximum absolute atomic E-state index is 12.6. The molecule has 0 aromatic carbocycles. The second kappa shape index (κ2) is 6.27. The number of hydrogen-bond acceptors (Lipinski definition) is 5. The van der Waals surface area contributed by atoms with E-state index in [0.29, 0.717) is 5.92 Å². The molecular weight excluding hydrogens is 364 g/mol. The second-order valence-corrected chi connectivity index (χ2v) is 9.87. The monoisotopic (exact) mass is 388 g/mol. The van der Waals surface area contributed by atoms with Crippen LogP contribution in [0.3, 0.4) is 0 Å². The predicted octanol–water partition coefficient (Wildman–Crippen LogP) is 2.35. The molecule has 3 aromatic heterocycles. The Bertz CT molecular complexity index is 1080. The molecule has 2 aliphatic carbocycles. The first-order valence-electron chi connectivity index (χ1n) is 9.75. The van der Waals surface area contributed by atoms with Gasteiger partial charge in [0.1, 0.15) is 5.82 Å². The lowest BCUT2D eigenvalue weighted by Gasteiger charge is -2.27. The Morgan fingerprint density at radius 2 is 2.15 bits per heavy atom. The Morgan fingerprint density at radius 1 is 1.30 bits per heavy atom. The molecule has 0 amide bonds. The van der Waals surface area contributed by atoms with E-state index in [-0.39, 0.29) is 17.2 Å². The van der Waals surface area contributed by atoms with Crippen molar-refractivity contribution in [2.45, 2.75) is 62.7 Å². The lowest BCUT2D eigenvalue weighted by atomic mass is 9.93. The van der Waals surface area contributed by atoms with Gasteiger partial charge in [0.15, 0.2) is 11.3 Å². The number of rotatable bonds is 5. The van der Waals surface area contributed by atoms with Crippen LogP contribution in [0.15, 0.2) is 18.5 Å². The molecule has 2 fully saturated rings. The molecule has 2 saturated carbocycles. The summed E-state index contributed by atoms with van der Waals surface area (Å²) < 4.78 is 30.2. The van der Waals surface area contributed by atoms with Crippen LogP contribution in [-0.2, 0) is 10.0 Å². The van der Waals surface area contributed by atoms with Gasteiger partial charge in [0.25, 0.3) is 0 Å². The summed E-state index contributed by atoms with van der Waals surface area (Å²) in [6, 6.07) is 1.95. The molecule has 3 aromatic rings. The molecule has 5 rings (SSSR count). The molecule has 27 heavy (non-hydrogen) atoms. The first-order chi connectivity index (χ1) is 13.1. The van der Waals surface area contributed by atoms with Crippen LogP contribution in [0.2, 0.25) is 0 Å². The molecular formula is C18H24N6O2S. The zero-order valence-electron chi connectivity index (χ0n) is 15.3. The fourth-order valence-corrected chi connectivity index (χ4v) is 6.44. The highest BCUT2D eigenvalue weighted by Gasteiger charge is 2.41. The van der Waals surface area contributed by atoms with E-state index in [1.165, 1.54) is 0 Å². The van der Waals surface area contributed by atoms with Crippen molar-refractivity contribution in [2.75, 3.05) is 0 Å². The molecule has 0 aliphatic heterocycles. The Morgan fingerprint density at radius 3 is 2.89 bits per heavy atom. The molecule has 144 valence electrons. The number of aromatic nitrogens is 5. The molecule has 0 bridgehead atoms. The van der Waals surface area contributed by atoms with Crippen molar-refractivity contribution in [3.05, 3.63) is 24.3 Å². The first kappa shape index (κ1) is 17.1. The van der Waals surface area contributed by atoms with E-state index in [0.717, 1.165) is 61.2 Å². The number of nitrogens with zero attached hydrogens (tertiary/aromatic N) is 4. The van der Waals surface area contributed by atoms with E-state index in [4.69, 9.17) is 0 Å².